The van der Waals surface area contributed by atoms with E-state index in [2.05, 4.69) is 16.0 Å². The Morgan fingerprint density at radius 1 is 1.03 bits per heavy atom. The molecule has 2 rings (SSSR count). The fourth-order valence-corrected chi connectivity index (χ4v) is 4.42. The summed E-state index contributed by atoms with van der Waals surface area (Å²) in [5.41, 5.74) is -1.69. The first kappa shape index (κ1) is 30.4. The minimum atomic E-state index is -5.18. The number of carbonyl (C=O) groups excluding carboxylic acids is 4. The van der Waals surface area contributed by atoms with Crippen LogP contribution in [0.2, 0.25) is 0 Å². The lowest BCUT2D eigenvalue weighted by Crippen LogP contribution is -2.60. The van der Waals surface area contributed by atoms with Crippen molar-refractivity contribution in [1.29, 1.82) is 5.26 Å². The molecule has 1 saturated carbocycles. The minimum Gasteiger partial charge on any atom is -0.350 e. The van der Waals surface area contributed by atoms with Crippen LogP contribution < -0.4 is 21.3 Å². The van der Waals surface area contributed by atoms with Crippen LogP contribution in [0.15, 0.2) is 0 Å². The Labute approximate surface area is 215 Å². The molecule has 2 aliphatic rings. The smallest absolute Gasteiger partial charge is 0.350 e. The number of nitrogens with one attached hydrogen (secondary N) is 4. The normalized spacial score (nSPS) is 21.6. The number of rotatable bonds is 8. The van der Waals surface area contributed by atoms with Crippen LogP contribution in [0.5, 0.6) is 0 Å². The average Bonchev–Trinajstić information content (AvgIpc) is 3.48. The van der Waals surface area contributed by atoms with Crippen LogP contribution in [0.1, 0.15) is 80.1 Å². The summed E-state index contributed by atoms with van der Waals surface area (Å²) >= 11 is 0. The third kappa shape index (κ3) is 8.90. The summed E-state index contributed by atoms with van der Waals surface area (Å²) in [6.07, 6.45) is -1.67. The van der Waals surface area contributed by atoms with Gasteiger partial charge in [-0.2, -0.15) is 18.4 Å². The fraction of sp³-hybridized carbons (Fsp3) is 0.800. The Balaban J connectivity index is 2.13. The number of piperidine rings is 1. The van der Waals surface area contributed by atoms with Crippen LogP contribution in [0.25, 0.3) is 0 Å². The number of nitrogens with zero attached hydrogens (tertiary/aromatic N) is 1. The van der Waals surface area contributed by atoms with E-state index in [1.165, 1.54) is 20.8 Å². The number of halogens is 3. The molecule has 0 radical (unpaired) electrons. The fourth-order valence-electron chi connectivity index (χ4n) is 4.42. The van der Waals surface area contributed by atoms with Crippen molar-refractivity contribution in [3.63, 3.8) is 0 Å². The van der Waals surface area contributed by atoms with E-state index < -0.39 is 58.8 Å². The number of carbonyl (C=O) groups is 4. The van der Waals surface area contributed by atoms with Crippen LogP contribution in [0.3, 0.4) is 0 Å². The molecule has 0 aromatic rings. The summed E-state index contributed by atoms with van der Waals surface area (Å²) in [5.74, 6) is -4.49. The van der Waals surface area contributed by atoms with E-state index in [-0.39, 0.29) is 24.3 Å². The standard InChI is InChI=1S/C25H38F3N5O4/c1-22(2,3)12-16(31-20(36)17(23(4,5)6)32-21(37)25(26,27)28)19(35)30-15(13-29)11-14-7-8-24(9-10-24)33-18(14)34/h14-17H,7-12H2,1-6H3,(H,30,35)(H,31,36)(H,32,37)(H,33,34)/t14-,15-,16-,17+/m0/s1. The van der Waals surface area contributed by atoms with Gasteiger partial charge in [0.05, 0.1) is 6.07 Å². The van der Waals surface area contributed by atoms with Crippen molar-refractivity contribution in [3.05, 3.63) is 0 Å². The number of alkyl halides is 3. The lowest BCUT2D eigenvalue weighted by atomic mass is 9.84. The lowest BCUT2D eigenvalue weighted by Gasteiger charge is -2.34. The summed E-state index contributed by atoms with van der Waals surface area (Å²) in [6.45, 7) is 9.90. The highest BCUT2D eigenvalue weighted by Crippen LogP contribution is 2.44. The summed E-state index contributed by atoms with van der Waals surface area (Å²) in [5, 5.41) is 19.4. The van der Waals surface area contributed by atoms with Gasteiger partial charge in [-0.1, -0.05) is 41.5 Å². The van der Waals surface area contributed by atoms with Crippen molar-refractivity contribution in [2.75, 3.05) is 0 Å². The minimum absolute atomic E-state index is 0.104. The molecular weight excluding hydrogens is 491 g/mol. The molecule has 4 N–H and O–H groups in total. The maximum absolute atomic E-state index is 13.2. The van der Waals surface area contributed by atoms with Crippen molar-refractivity contribution in [3.8, 4) is 6.07 Å². The van der Waals surface area contributed by atoms with E-state index in [0.717, 1.165) is 19.3 Å². The van der Waals surface area contributed by atoms with E-state index in [0.29, 0.717) is 6.42 Å². The van der Waals surface area contributed by atoms with Gasteiger partial charge >= 0.3 is 12.1 Å². The molecule has 4 amide bonds. The van der Waals surface area contributed by atoms with Crippen molar-refractivity contribution < 1.29 is 32.3 Å². The first-order chi connectivity index (χ1) is 16.8. The summed E-state index contributed by atoms with van der Waals surface area (Å²) < 4.78 is 38.6. The molecule has 1 saturated heterocycles. The maximum atomic E-state index is 13.2. The highest BCUT2D eigenvalue weighted by molar-refractivity contribution is 5.93. The highest BCUT2D eigenvalue weighted by atomic mass is 19.4. The van der Waals surface area contributed by atoms with Crippen molar-refractivity contribution in [2.24, 2.45) is 16.7 Å². The van der Waals surface area contributed by atoms with Crippen LogP contribution in [0.4, 0.5) is 13.2 Å². The molecule has 0 unspecified atom stereocenters. The van der Waals surface area contributed by atoms with Crippen LogP contribution in [-0.4, -0.2) is 53.5 Å². The molecule has 208 valence electrons. The third-order valence-corrected chi connectivity index (χ3v) is 6.69. The van der Waals surface area contributed by atoms with Gasteiger partial charge in [0, 0.05) is 11.5 Å². The van der Waals surface area contributed by atoms with Gasteiger partial charge in [0.25, 0.3) is 0 Å². The molecule has 37 heavy (non-hydrogen) atoms. The third-order valence-electron chi connectivity index (χ3n) is 6.69. The summed E-state index contributed by atoms with van der Waals surface area (Å²) in [6, 6.07) is -1.78. The zero-order chi connectivity index (χ0) is 28.4. The number of hydrogen-bond donors (Lipinski definition) is 4. The quantitative estimate of drug-likeness (QED) is 0.382. The average molecular weight is 530 g/mol. The molecule has 1 spiro atoms. The van der Waals surface area contributed by atoms with E-state index in [1.54, 1.807) is 5.32 Å². The van der Waals surface area contributed by atoms with E-state index >= 15 is 0 Å². The van der Waals surface area contributed by atoms with Crippen molar-refractivity contribution >= 4 is 23.6 Å². The zero-order valence-electron chi connectivity index (χ0n) is 22.3. The Bertz CT molecular complexity index is 942. The SMILES string of the molecule is CC(C)(C)C[C@H](NC(=O)[C@@H](NC(=O)C(F)(F)F)C(C)(C)C)C(=O)N[C@H](C#N)C[C@@H]1CCC2(CC2)NC1=O. The molecule has 12 heteroatoms. The van der Waals surface area contributed by atoms with Crippen LogP contribution in [-0.2, 0) is 19.2 Å². The number of amides is 4. The molecule has 2 fully saturated rings. The van der Waals surface area contributed by atoms with E-state index in [4.69, 9.17) is 0 Å². The van der Waals surface area contributed by atoms with Crippen molar-refractivity contribution in [1.82, 2.24) is 21.3 Å². The molecule has 9 nitrogen and oxygen atoms in total. The monoisotopic (exact) mass is 529 g/mol. The van der Waals surface area contributed by atoms with Crippen molar-refractivity contribution in [2.45, 2.75) is 110 Å². The Morgan fingerprint density at radius 3 is 2.05 bits per heavy atom. The van der Waals surface area contributed by atoms with E-state index in [1.807, 2.05) is 26.8 Å². The van der Waals surface area contributed by atoms with Gasteiger partial charge in [-0.25, -0.2) is 0 Å². The molecule has 0 aromatic carbocycles. The van der Waals surface area contributed by atoms with Crippen LogP contribution in [0, 0.1) is 28.1 Å². The molecule has 1 aliphatic carbocycles. The van der Waals surface area contributed by atoms with Gasteiger partial charge in [-0.05, 0) is 49.4 Å². The van der Waals surface area contributed by atoms with E-state index in [9.17, 15) is 37.6 Å². The number of hydrogen-bond acceptors (Lipinski definition) is 5. The topological polar surface area (TPSA) is 140 Å². The molecule has 1 aliphatic heterocycles. The first-order valence-electron chi connectivity index (χ1n) is 12.5. The second-order valence-electron chi connectivity index (χ2n) is 12.5. The molecule has 1 heterocycles. The van der Waals surface area contributed by atoms with Gasteiger partial charge in [-0.15, -0.1) is 0 Å². The summed E-state index contributed by atoms with van der Waals surface area (Å²) in [7, 11) is 0. The molecule has 0 aromatic heterocycles. The molecule has 0 bridgehead atoms. The summed E-state index contributed by atoms with van der Waals surface area (Å²) in [4.78, 5) is 50.2. The zero-order valence-corrected chi connectivity index (χ0v) is 22.3. The van der Waals surface area contributed by atoms with Gasteiger partial charge in [0.15, 0.2) is 0 Å². The predicted octanol–water partition coefficient (Wildman–Crippen LogP) is 2.46. The second kappa shape index (κ2) is 10.9. The molecular formula is C25H38F3N5O4. The van der Waals surface area contributed by atoms with Gasteiger partial charge < -0.3 is 21.3 Å². The predicted molar refractivity (Wildman–Crippen MR) is 128 cm³/mol. The lowest BCUT2D eigenvalue weighted by molar-refractivity contribution is -0.175. The van der Waals surface area contributed by atoms with Gasteiger partial charge in [0.2, 0.25) is 17.7 Å². The van der Waals surface area contributed by atoms with Crippen LogP contribution >= 0.6 is 0 Å². The second-order valence-corrected chi connectivity index (χ2v) is 12.5. The Kier molecular flexibility index (Phi) is 8.93. The number of nitriles is 1. The molecule has 4 atom stereocenters. The van der Waals surface area contributed by atoms with Gasteiger partial charge in [0.1, 0.15) is 18.1 Å². The van der Waals surface area contributed by atoms with Gasteiger partial charge in [-0.3, -0.25) is 19.2 Å². The highest BCUT2D eigenvalue weighted by Gasteiger charge is 2.48. The Hall–Kier alpha value is -2.84. The first-order valence-corrected chi connectivity index (χ1v) is 12.5. The Morgan fingerprint density at radius 2 is 1.62 bits per heavy atom. The largest absolute Gasteiger partial charge is 0.471 e. The maximum Gasteiger partial charge on any atom is 0.471 e.